The van der Waals surface area contributed by atoms with E-state index in [1.807, 2.05) is 37.3 Å². The molecule has 0 aromatic heterocycles. The van der Waals surface area contributed by atoms with Crippen molar-refractivity contribution in [2.75, 3.05) is 11.4 Å². The zero-order valence-corrected chi connectivity index (χ0v) is 10.7. The van der Waals surface area contributed by atoms with Gasteiger partial charge in [0.05, 0.1) is 5.69 Å². The Morgan fingerprint density at radius 2 is 1.68 bits per heavy atom. The van der Waals surface area contributed by atoms with Crippen molar-refractivity contribution in [3.8, 4) is 0 Å². The summed E-state index contributed by atoms with van der Waals surface area (Å²) in [6.07, 6.45) is 0. The lowest BCUT2D eigenvalue weighted by Crippen LogP contribution is -2.18. The van der Waals surface area contributed by atoms with Gasteiger partial charge in [-0.05, 0) is 25.1 Å². The molecule has 100 valence electrons. The minimum absolute atomic E-state index is 0.0134. The summed E-state index contributed by atoms with van der Waals surface area (Å²) in [6.45, 7) is 2.42. The van der Waals surface area contributed by atoms with Crippen molar-refractivity contribution in [2.45, 2.75) is 13.5 Å². The molecule has 0 radical (unpaired) electrons. The Balaban J connectivity index is 2.48. The van der Waals surface area contributed by atoms with Gasteiger partial charge in [0.25, 0.3) is 0 Å². The molecule has 2 rings (SSSR count). The number of hydrogen-bond acceptors (Lipinski definition) is 2. The summed E-state index contributed by atoms with van der Waals surface area (Å²) in [5.41, 5.74) is 6.60. The molecule has 4 heteroatoms. The van der Waals surface area contributed by atoms with Gasteiger partial charge in [-0.1, -0.05) is 24.3 Å². The maximum atomic E-state index is 14.1. The van der Waals surface area contributed by atoms with Crippen LogP contribution in [0.25, 0.3) is 0 Å². The van der Waals surface area contributed by atoms with E-state index in [9.17, 15) is 8.78 Å². The van der Waals surface area contributed by atoms with Crippen LogP contribution < -0.4 is 10.6 Å². The first-order valence-electron chi connectivity index (χ1n) is 6.18. The molecule has 0 aliphatic carbocycles. The molecule has 0 saturated carbocycles. The fraction of sp³-hybridized carbons (Fsp3) is 0.200. The molecule has 2 aromatic rings. The molecule has 0 bridgehead atoms. The van der Waals surface area contributed by atoms with Gasteiger partial charge in [0.2, 0.25) is 0 Å². The number of halogens is 2. The Hall–Kier alpha value is -1.94. The van der Waals surface area contributed by atoms with Crippen molar-refractivity contribution < 1.29 is 8.78 Å². The van der Waals surface area contributed by atoms with Crippen LogP contribution in [0.1, 0.15) is 12.5 Å². The molecule has 2 N–H and O–H groups in total. The molecular formula is C15H16F2N2. The molecule has 2 nitrogen and oxygen atoms in total. The standard InChI is InChI=1S/C15H16F2N2/c1-2-19(12-6-4-3-5-7-12)13-9-8-11(10-18)14(16)15(13)17/h3-9H,2,10,18H2,1H3. The largest absolute Gasteiger partial charge is 0.339 e. The molecule has 0 atom stereocenters. The van der Waals surface area contributed by atoms with Gasteiger partial charge in [-0.25, -0.2) is 8.78 Å². The van der Waals surface area contributed by atoms with Crippen molar-refractivity contribution >= 4 is 11.4 Å². The molecule has 0 fully saturated rings. The lowest BCUT2D eigenvalue weighted by Gasteiger charge is -2.24. The first-order chi connectivity index (χ1) is 9.19. The smallest absolute Gasteiger partial charge is 0.182 e. The van der Waals surface area contributed by atoms with E-state index in [1.165, 1.54) is 6.07 Å². The van der Waals surface area contributed by atoms with E-state index >= 15 is 0 Å². The van der Waals surface area contributed by atoms with E-state index in [-0.39, 0.29) is 17.8 Å². The summed E-state index contributed by atoms with van der Waals surface area (Å²) in [7, 11) is 0. The predicted molar refractivity (Wildman–Crippen MR) is 73.4 cm³/mol. The summed E-state index contributed by atoms with van der Waals surface area (Å²) in [5, 5.41) is 0. The Labute approximate surface area is 111 Å². The predicted octanol–water partition coefficient (Wildman–Crippen LogP) is 3.58. The second kappa shape index (κ2) is 5.80. The van der Waals surface area contributed by atoms with Crippen molar-refractivity contribution in [1.29, 1.82) is 0 Å². The van der Waals surface area contributed by atoms with E-state index in [0.29, 0.717) is 6.54 Å². The number of nitrogens with zero attached hydrogens (tertiary/aromatic N) is 1. The van der Waals surface area contributed by atoms with E-state index in [0.717, 1.165) is 5.69 Å². The monoisotopic (exact) mass is 262 g/mol. The topological polar surface area (TPSA) is 29.3 Å². The van der Waals surface area contributed by atoms with Gasteiger partial charge in [-0.3, -0.25) is 0 Å². The molecule has 2 aromatic carbocycles. The average molecular weight is 262 g/mol. The van der Waals surface area contributed by atoms with Gasteiger partial charge >= 0.3 is 0 Å². The number of anilines is 2. The van der Waals surface area contributed by atoms with E-state index in [4.69, 9.17) is 5.73 Å². The first kappa shape index (κ1) is 13.5. The second-order valence-electron chi connectivity index (χ2n) is 4.16. The third-order valence-corrected chi connectivity index (χ3v) is 3.04. The van der Waals surface area contributed by atoms with Gasteiger partial charge in [0, 0.05) is 24.3 Å². The zero-order chi connectivity index (χ0) is 13.8. The average Bonchev–Trinajstić information content (AvgIpc) is 2.45. The Kier molecular flexibility index (Phi) is 4.12. The highest BCUT2D eigenvalue weighted by molar-refractivity contribution is 5.64. The van der Waals surface area contributed by atoms with Crippen molar-refractivity contribution in [2.24, 2.45) is 5.73 Å². The van der Waals surface area contributed by atoms with Crippen LogP contribution in [0.5, 0.6) is 0 Å². The minimum Gasteiger partial charge on any atom is -0.339 e. The summed E-state index contributed by atoms with van der Waals surface area (Å²) >= 11 is 0. The van der Waals surface area contributed by atoms with Crippen molar-refractivity contribution in [1.82, 2.24) is 0 Å². The van der Waals surface area contributed by atoms with Crippen LogP contribution in [0.3, 0.4) is 0 Å². The maximum Gasteiger partial charge on any atom is 0.182 e. The van der Waals surface area contributed by atoms with E-state index in [2.05, 4.69) is 0 Å². The highest BCUT2D eigenvalue weighted by Gasteiger charge is 2.17. The third-order valence-electron chi connectivity index (χ3n) is 3.04. The number of nitrogens with two attached hydrogens (primary N) is 1. The zero-order valence-electron chi connectivity index (χ0n) is 10.7. The Bertz CT molecular complexity index is 556. The lowest BCUT2D eigenvalue weighted by atomic mass is 10.1. The van der Waals surface area contributed by atoms with Crippen LogP contribution in [0.2, 0.25) is 0 Å². The molecule has 0 spiro atoms. The van der Waals surface area contributed by atoms with Gasteiger partial charge < -0.3 is 10.6 Å². The summed E-state index contributed by atoms with van der Waals surface area (Å²) in [6, 6.07) is 12.4. The van der Waals surface area contributed by atoms with Gasteiger partial charge in [-0.2, -0.15) is 0 Å². The summed E-state index contributed by atoms with van der Waals surface area (Å²) < 4.78 is 27.9. The Morgan fingerprint density at radius 1 is 1.00 bits per heavy atom. The van der Waals surface area contributed by atoms with Crippen LogP contribution in [0.15, 0.2) is 42.5 Å². The normalized spacial score (nSPS) is 10.5. The fourth-order valence-electron chi connectivity index (χ4n) is 2.05. The molecule has 0 heterocycles. The van der Waals surface area contributed by atoms with Crippen LogP contribution in [-0.2, 0) is 6.54 Å². The van der Waals surface area contributed by atoms with E-state index < -0.39 is 11.6 Å². The number of rotatable bonds is 4. The minimum atomic E-state index is -0.866. The highest BCUT2D eigenvalue weighted by Crippen LogP contribution is 2.29. The third kappa shape index (κ3) is 2.58. The van der Waals surface area contributed by atoms with Crippen LogP contribution in [-0.4, -0.2) is 6.54 Å². The second-order valence-corrected chi connectivity index (χ2v) is 4.16. The number of para-hydroxylation sites is 1. The molecule has 0 aliphatic heterocycles. The van der Waals surface area contributed by atoms with Gasteiger partial charge in [0.15, 0.2) is 11.6 Å². The van der Waals surface area contributed by atoms with Crippen LogP contribution >= 0.6 is 0 Å². The van der Waals surface area contributed by atoms with Crippen LogP contribution in [0.4, 0.5) is 20.2 Å². The SMILES string of the molecule is CCN(c1ccccc1)c1ccc(CN)c(F)c1F. The van der Waals surface area contributed by atoms with Crippen LogP contribution in [0, 0.1) is 11.6 Å². The summed E-state index contributed by atoms with van der Waals surface area (Å²) in [4.78, 5) is 1.72. The fourth-order valence-corrected chi connectivity index (χ4v) is 2.05. The first-order valence-corrected chi connectivity index (χ1v) is 6.18. The van der Waals surface area contributed by atoms with Crippen molar-refractivity contribution in [3.63, 3.8) is 0 Å². The summed E-state index contributed by atoms with van der Waals surface area (Å²) in [5.74, 6) is -1.72. The lowest BCUT2D eigenvalue weighted by molar-refractivity contribution is 0.499. The number of benzene rings is 2. The van der Waals surface area contributed by atoms with E-state index in [1.54, 1.807) is 11.0 Å². The molecule has 0 amide bonds. The molecule has 0 aliphatic rings. The van der Waals surface area contributed by atoms with Gasteiger partial charge in [0.1, 0.15) is 0 Å². The molecule has 19 heavy (non-hydrogen) atoms. The number of hydrogen-bond donors (Lipinski definition) is 1. The van der Waals surface area contributed by atoms with Crippen molar-refractivity contribution in [3.05, 3.63) is 59.7 Å². The molecule has 0 unspecified atom stereocenters. The quantitative estimate of drug-likeness (QED) is 0.912. The molecular weight excluding hydrogens is 246 g/mol. The van der Waals surface area contributed by atoms with Gasteiger partial charge in [-0.15, -0.1) is 0 Å². The maximum absolute atomic E-state index is 14.1. The Morgan fingerprint density at radius 3 is 2.26 bits per heavy atom. The molecule has 0 saturated heterocycles. The highest BCUT2D eigenvalue weighted by atomic mass is 19.2.